The summed E-state index contributed by atoms with van der Waals surface area (Å²) in [6.07, 6.45) is 1.30. The second-order valence-corrected chi connectivity index (χ2v) is 2.75. The van der Waals surface area contributed by atoms with Crippen molar-refractivity contribution in [2.75, 3.05) is 6.61 Å². The summed E-state index contributed by atoms with van der Waals surface area (Å²) in [6.45, 7) is 2.03. The van der Waals surface area contributed by atoms with Crippen LogP contribution in [0.5, 0.6) is 0 Å². The molecule has 1 N–H and O–H groups in total. The number of aliphatic hydroxyl groups is 1. The number of halogens is 1. The molecule has 0 amide bonds. The lowest BCUT2D eigenvalue weighted by Gasteiger charge is -2.03. The van der Waals surface area contributed by atoms with Gasteiger partial charge < -0.3 is 5.11 Å². The topological polar surface area (TPSA) is 20.2 Å². The van der Waals surface area contributed by atoms with Crippen LogP contribution in [0.1, 0.15) is 18.1 Å². The van der Waals surface area contributed by atoms with E-state index in [0.29, 0.717) is 12.0 Å². The molecule has 0 aliphatic heterocycles. The van der Waals surface area contributed by atoms with E-state index in [2.05, 4.69) is 0 Å². The molecule has 0 saturated heterocycles. The number of hydrogen-bond donors (Lipinski definition) is 1. The van der Waals surface area contributed by atoms with E-state index in [-0.39, 0.29) is 12.4 Å². The van der Waals surface area contributed by atoms with Gasteiger partial charge in [0.25, 0.3) is 0 Å². The predicted molar refractivity (Wildman–Crippen MR) is 46.6 cm³/mol. The van der Waals surface area contributed by atoms with Crippen molar-refractivity contribution in [2.45, 2.75) is 19.8 Å². The summed E-state index contributed by atoms with van der Waals surface area (Å²) in [5.74, 6) is -0.221. The minimum atomic E-state index is -0.221. The van der Waals surface area contributed by atoms with Gasteiger partial charge >= 0.3 is 0 Å². The minimum Gasteiger partial charge on any atom is -0.396 e. The molecule has 0 heterocycles. The molecule has 1 aromatic carbocycles. The second-order valence-electron chi connectivity index (χ2n) is 2.75. The van der Waals surface area contributed by atoms with Crippen molar-refractivity contribution in [1.82, 2.24) is 0 Å². The molecule has 1 nitrogen and oxygen atoms in total. The molecule has 0 unspecified atom stereocenters. The molecule has 0 saturated carbocycles. The highest BCUT2D eigenvalue weighted by Gasteiger charge is 2.01. The average molecular weight is 168 g/mol. The summed E-state index contributed by atoms with van der Waals surface area (Å²) in [6, 6.07) is 5.05. The quantitative estimate of drug-likeness (QED) is 0.731. The van der Waals surface area contributed by atoms with Gasteiger partial charge in [-0.15, -0.1) is 0 Å². The molecule has 2 heteroatoms. The smallest absolute Gasteiger partial charge is 0.126 e. The first-order valence-corrected chi connectivity index (χ1v) is 4.16. The largest absolute Gasteiger partial charge is 0.396 e. The fourth-order valence-corrected chi connectivity index (χ4v) is 1.16. The van der Waals surface area contributed by atoms with Crippen molar-refractivity contribution < 1.29 is 9.50 Å². The van der Waals surface area contributed by atoms with Crippen LogP contribution in [-0.2, 0) is 12.8 Å². The standard InChI is InChI=1S/C10H13FO/c1-2-8-3-4-10(11)9(7-8)5-6-12/h3-4,7,12H,2,5-6H2,1H3. The molecular weight excluding hydrogens is 155 g/mol. The van der Waals surface area contributed by atoms with Gasteiger partial charge in [0.15, 0.2) is 0 Å². The SMILES string of the molecule is CCc1ccc(F)c(CCO)c1. The van der Waals surface area contributed by atoms with Gasteiger partial charge in [-0.2, -0.15) is 0 Å². The Hall–Kier alpha value is -0.890. The zero-order chi connectivity index (χ0) is 8.97. The molecule has 0 aromatic heterocycles. The summed E-state index contributed by atoms with van der Waals surface area (Å²) in [5, 5.41) is 8.64. The number of hydrogen-bond acceptors (Lipinski definition) is 1. The van der Waals surface area contributed by atoms with Crippen LogP contribution < -0.4 is 0 Å². The van der Waals surface area contributed by atoms with E-state index in [1.165, 1.54) is 6.07 Å². The minimum absolute atomic E-state index is 0.00406. The highest BCUT2D eigenvalue weighted by molar-refractivity contribution is 5.25. The lowest BCUT2D eigenvalue weighted by atomic mass is 10.1. The predicted octanol–water partition coefficient (Wildman–Crippen LogP) is 1.92. The van der Waals surface area contributed by atoms with Crippen molar-refractivity contribution in [3.63, 3.8) is 0 Å². The molecule has 0 bridgehead atoms. The Bertz CT molecular complexity index is 258. The normalized spacial score (nSPS) is 10.2. The highest BCUT2D eigenvalue weighted by Crippen LogP contribution is 2.11. The Morgan fingerprint density at radius 3 is 2.75 bits per heavy atom. The Morgan fingerprint density at radius 2 is 2.17 bits per heavy atom. The molecule has 0 aliphatic carbocycles. The molecule has 0 aliphatic rings. The zero-order valence-electron chi connectivity index (χ0n) is 7.18. The third-order valence-electron chi connectivity index (χ3n) is 1.90. The molecule has 1 aromatic rings. The van der Waals surface area contributed by atoms with Crippen molar-refractivity contribution in [1.29, 1.82) is 0 Å². The third kappa shape index (κ3) is 2.05. The van der Waals surface area contributed by atoms with Gasteiger partial charge in [0.05, 0.1) is 0 Å². The van der Waals surface area contributed by atoms with Gasteiger partial charge in [0, 0.05) is 6.61 Å². The number of benzene rings is 1. The first-order valence-electron chi connectivity index (χ1n) is 4.16. The van der Waals surface area contributed by atoms with E-state index in [1.807, 2.05) is 13.0 Å². The van der Waals surface area contributed by atoms with E-state index in [1.54, 1.807) is 6.07 Å². The lowest BCUT2D eigenvalue weighted by Crippen LogP contribution is -1.96. The van der Waals surface area contributed by atoms with Crippen LogP contribution in [0.3, 0.4) is 0 Å². The van der Waals surface area contributed by atoms with Gasteiger partial charge in [0.2, 0.25) is 0 Å². The van der Waals surface area contributed by atoms with E-state index in [4.69, 9.17) is 5.11 Å². The average Bonchev–Trinajstić information content (AvgIpc) is 2.09. The maximum Gasteiger partial charge on any atom is 0.126 e. The first-order chi connectivity index (χ1) is 5.77. The van der Waals surface area contributed by atoms with Crippen LogP contribution in [-0.4, -0.2) is 11.7 Å². The Morgan fingerprint density at radius 1 is 1.42 bits per heavy atom. The van der Waals surface area contributed by atoms with Crippen molar-refractivity contribution in [2.24, 2.45) is 0 Å². The fourth-order valence-electron chi connectivity index (χ4n) is 1.16. The monoisotopic (exact) mass is 168 g/mol. The number of aryl methyl sites for hydroxylation is 1. The summed E-state index contributed by atoms with van der Waals surface area (Å²) in [4.78, 5) is 0. The van der Waals surface area contributed by atoms with Crippen molar-refractivity contribution >= 4 is 0 Å². The first kappa shape index (κ1) is 9.20. The third-order valence-corrected chi connectivity index (χ3v) is 1.90. The maximum absolute atomic E-state index is 13.0. The van der Waals surface area contributed by atoms with E-state index >= 15 is 0 Å². The molecule has 12 heavy (non-hydrogen) atoms. The van der Waals surface area contributed by atoms with Gasteiger partial charge in [-0.1, -0.05) is 19.1 Å². The molecule has 0 radical (unpaired) electrons. The highest BCUT2D eigenvalue weighted by atomic mass is 19.1. The summed E-state index contributed by atoms with van der Waals surface area (Å²) in [5.41, 5.74) is 1.72. The summed E-state index contributed by atoms with van der Waals surface area (Å²) >= 11 is 0. The molecule has 66 valence electrons. The molecular formula is C10H13FO. The second kappa shape index (κ2) is 4.21. The number of rotatable bonds is 3. The Kier molecular flexibility index (Phi) is 3.23. The van der Waals surface area contributed by atoms with Gasteiger partial charge in [0.1, 0.15) is 5.82 Å². The molecule has 0 fully saturated rings. The Labute approximate surface area is 71.9 Å². The van der Waals surface area contributed by atoms with E-state index in [0.717, 1.165) is 12.0 Å². The van der Waals surface area contributed by atoms with Crippen LogP contribution in [0.15, 0.2) is 18.2 Å². The maximum atomic E-state index is 13.0. The van der Waals surface area contributed by atoms with Crippen molar-refractivity contribution in [3.05, 3.63) is 35.1 Å². The molecule has 1 rings (SSSR count). The van der Waals surface area contributed by atoms with Crippen LogP contribution >= 0.6 is 0 Å². The van der Waals surface area contributed by atoms with Crippen LogP contribution in [0, 0.1) is 5.82 Å². The van der Waals surface area contributed by atoms with Crippen LogP contribution in [0.25, 0.3) is 0 Å². The van der Waals surface area contributed by atoms with E-state index < -0.39 is 0 Å². The number of aliphatic hydroxyl groups excluding tert-OH is 1. The van der Waals surface area contributed by atoms with Crippen molar-refractivity contribution in [3.8, 4) is 0 Å². The summed E-state index contributed by atoms with van der Waals surface area (Å²) in [7, 11) is 0. The van der Waals surface area contributed by atoms with Crippen LogP contribution in [0.4, 0.5) is 4.39 Å². The van der Waals surface area contributed by atoms with Gasteiger partial charge in [-0.25, -0.2) is 4.39 Å². The van der Waals surface area contributed by atoms with Gasteiger partial charge in [-0.3, -0.25) is 0 Å². The molecule has 0 atom stereocenters. The zero-order valence-corrected chi connectivity index (χ0v) is 7.18. The van der Waals surface area contributed by atoms with E-state index in [9.17, 15) is 4.39 Å². The molecule has 0 spiro atoms. The van der Waals surface area contributed by atoms with Crippen LogP contribution in [0.2, 0.25) is 0 Å². The lowest BCUT2D eigenvalue weighted by molar-refractivity contribution is 0.297. The fraction of sp³-hybridized carbons (Fsp3) is 0.400. The summed E-state index contributed by atoms with van der Waals surface area (Å²) < 4.78 is 13.0. The van der Waals surface area contributed by atoms with Gasteiger partial charge in [-0.05, 0) is 30.0 Å². The Balaban J connectivity index is 2.91.